The fourth-order valence-corrected chi connectivity index (χ4v) is 2.61. The molecule has 0 spiro atoms. The van der Waals surface area contributed by atoms with Crippen molar-refractivity contribution in [3.05, 3.63) is 23.2 Å². The van der Waals surface area contributed by atoms with Gasteiger partial charge in [-0.05, 0) is 19.4 Å². The summed E-state index contributed by atoms with van der Waals surface area (Å²) in [5.74, 6) is -0.777. The highest BCUT2D eigenvalue weighted by molar-refractivity contribution is 5.89. The van der Waals surface area contributed by atoms with Crippen molar-refractivity contribution in [1.29, 1.82) is 0 Å². The summed E-state index contributed by atoms with van der Waals surface area (Å²) in [4.78, 5) is 38.2. The highest BCUT2D eigenvalue weighted by Gasteiger charge is 2.30. The van der Waals surface area contributed by atoms with Crippen LogP contribution in [0.5, 0.6) is 0 Å². The molecule has 0 radical (unpaired) electrons. The Labute approximate surface area is 128 Å². The van der Waals surface area contributed by atoms with E-state index in [9.17, 15) is 14.4 Å². The third-order valence-corrected chi connectivity index (χ3v) is 3.98. The minimum Gasteiger partial charge on any atom is -0.478 e. The van der Waals surface area contributed by atoms with Crippen molar-refractivity contribution >= 4 is 17.8 Å². The SMILES string of the molecule is Cc1oc(CN(C)C(=O)[C@H]2CCN(C)C(=O)C2)cc1C(=O)O. The summed E-state index contributed by atoms with van der Waals surface area (Å²) in [6.07, 6.45) is 0.861. The molecule has 22 heavy (non-hydrogen) atoms. The lowest BCUT2D eigenvalue weighted by molar-refractivity contribution is -0.144. The van der Waals surface area contributed by atoms with Gasteiger partial charge in [0.05, 0.1) is 6.54 Å². The van der Waals surface area contributed by atoms with Crippen LogP contribution in [0.25, 0.3) is 0 Å². The van der Waals surface area contributed by atoms with Gasteiger partial charge in [0.25, 0.3) is 0 Å². The molecule has 1 atom stereocenters. The summed E-state index contributed by atoms with van der Waals surface area (Å²) < 4.78 is 5.37. The zero-order valence-electron chi connectivity index (χ0n) is 13.0. The molecular weight excluding hydrogens is 288 g/mol. The average Bonchev–Trinajstić information content (AvgIpc) is 2.82. The van der Waals surface area contributed by atoms with Crippen LogP contribution in [0, 0.1) is 12.8 Å². The lowest BCUT2D eigenvalue weighted by Crippen LogP contribution is -2.42. The second-order valence-electron chi connectivity index (χ2n) is 5.69. The third-order valence-electron chi connectivity index (χ3n) is 3.98. The van der Waals surface area contributed by atoms with Crippen LogP contribution in [0.1, 0.15) is 34.7 Å². The van der Waals surface area contributed by atoms with E-state index < -0.39 is 5.97 Å². The number of carbonyl (C=O) groups excluding carboxylic acids is 2. The molecule has 1 aliphatic rings. The standard InChI is InChI=1S/C15H20N2O5/c1-9-12(15(20)21)7-11(22-9)8-17(3)14(19)10-4-5-16(2)13(18)6-10/h7,10H,4-6,8H2,1-3H3,(H,20,21)/t10-/m0/s1. The van der Waals surface area contributed by atoms with Gasteiger partial charge < -0.3 is 19.3 Å². The number of aryl methyl sites for hydroxylation is 1. The van der Waals surface area contributed by atoms with E-state index in [0.717, 1.165) is 0 Å². The molecule has 1 N–H and O–H groups in total. The van der Waals surface area contributed by atoms with Gasteiger partial charge in [-0.3, -0.25) is 9.59 Å². The first-order chi connectivity index (χ1) is 10.3. The first-order valence-corrected chi connectivity index (χ1v) is 7.11. The maximum absolute atomic E-state index is 12.4. The van der Waals surface area contributed by atoms with Crippen LogP contribution in [-0.4, -0.2) is 53.3 Å². The van der Waals surface area contributed by atoms with Crippen molar-refractivity contribution < 1.29 is 23.9 Å². The normalized spacial score (nSPS) is 18.4. The molecule has 1 aromatic rings. The molecule has 2 heterocycles. The summed E-state index contributed by atoms with van der Waals surface area (Å²) >= 11 is 0. The maximum Gasteiger partial charge on any atom is 0.339 e. The van der Waals surface area contributed by atoms with Gasteiger partial charge in [0, 0.05) is 33.0 Å². The number of carboxylic acids is 1. The van der Waals surface area contributed by atoms with Crippen molar-refractivity contribution in [2.45, 2.75) is 26.3 Å². The lowest BCUT2D eigenvalue weighted by atomic mass is 9.95. The molecule has 0 bridgehead atoms. The zero-order chi connectivity index (χ0) is 16.4. The first kappa shape index (κ1) is 16.1. The number of rotatable bonds is 4. The van der Waals surface area contributed by atoms with Gasteiger partial charge in [0.15, 0.2) is 0 Å². The number of furan rings is 1. The van der Waals surface area contributed by atoms with Crippen molar-refractivity contribution in [3.63, 3.8) is 0 Å². The molecule has 120 valence electrons. The van der Waals surface area contributed by atoms with Crippen LogP contribution in [0.15, 0.2) is 10.5 Å². The number of hydrogen-bond donors (Lipinski definition) is 1. The van der Waals surface area contributed by atoms with E-state index in [1.807, 2.05) is 0 Å². The zero-order valence-corrected chi connectivity index (χ0v) is 13.0. The Bertz CT molecular complexity index is 607. The number of piperidine rings is 1. The Morgan fingerprint density at radius 1 is 1.50 bits per heavy atom. The monoisotopic (exact) mass is 308 g/mol. The van der Waals surface area contributed by atoms with E-state index in [1.165, 1.54) is 11.0 Å². The van der Waals surface area contributed by atoms with Crippen molar-refractivity contribution in [3.8, 4) is 0 Å². The second-order valence-corrected chi connectivity index (χ2v) is 5.69. The van der Waals surface area contributed by atoms with Crippen molar-refractivity contribution in [1.82, 2.24) is 9.80 Å². The molecule has 0 aliphatic carbocycles. The van der Waals surface area contributed by atoms with Crippen LogP contribution in [0.2, 0.25) is 0 Å². The highest BCUT2D eigenvalue weighted by Crippen LogP contribution is 2.21. The molecule has 0 aromatic carbocycles. The smallest absolute Gasteiger partial charge is 0.339 e. The Balaban J connectivity index is 2.01. The largest absolute Gasteiger partial charge is 0.478 e. The molecule has 0 saturated carbocycles. The number of hydrogen-bond acceptors (Lipinski definition) is 4. The van der Waals surface area contributed by atoms with E-state index in [1.54, 1.807) is 25.9 Å². The molecule has 1 aromatic heterocycles. The fraction of sp³-hybridized carbons (Fsp3) is 0.533. The maximum atomic E-state index is 12.4. The minimum atomic E-state index is -1.05. The molecule has 7 nitrogen and oxygen atoms in total. The van der Waals surface area contributed by atoms with Crippen LogP contribution >= 0.6 is 0 Å². The molecular formula is C15H20N2O5. The van der Waals surface area contributed by atoms with Crippen LogP contribution in [-0.2, 0) is 16.1 Å². The van der Waals surface area contributed by atoms with Gasteiger partial charge >= 0.3 is 5.97 Å². The Morgan fingerprint density at radius 2 is 2.18 bits per heavy atom. The summed E-state index contributed by atoms with van der Waals surface area (Å²) in [6.45, 7) is 2.34. The summed E-state index contributed by atoms with van der Waals surface area (Å²) in [6, 6.07) is 1.43. The number of carboxylic acid groups (broad SMARTS) is 1. The third kappa shape index (κ3) is 3.29. The number of nitrogens with zero attached hydrogens (tertiary/aromatic N) is 2. The van der Waals surface area contributed by atoms with Crippen molar-refractivity contribution in [2.24, 2.45) is 5.92 Å². The van der Waals surface area contributed by atoms with Gasteiger partial charge in [-0.1, -0.05) is 0 Å². The molecule has 1 fully saturated rings. The second kappa shape index (κ2) is 6.21. The van der Waals surface area contributed by atoms with E-state index in [4.69, 9.17) is 9.52 Å². The summed E-state index contributed by atoms with van der Waals surface area (Å²) in [5, 5.41) is 9.00. The van der Waals surface area contributed by atoms with Gasteiger partial charge in [0.1, 0.15) is 17.1 Å². The van der Waals surface area contributed by atoms with Gasteiger partial charge in [-0.15, -0.1) is 0 Å². The quantitative estimate of drug-likeness (QED) is 0.900. The number of likely N-dealkylation sites (tertiary alicyclic amines) is 1. The van der Waals surface area contributed by atoms with E-state index in [0.29, 0.717) is 24.5 Å². The number of carbonyl (C=O) groups is 3. The lowest BCUT2D eigenvalue weighted by Gasteiger charge is -2.30. The topological polar surface area (TPSA) is 91.1 Å². The van der Waals surface area contributed by atoms with Gasteiger partial charge in [-0.2, -0.15) is 0 Å². The predicted molar refractivity (Wildman–Crippen MR) is 77.2 cm³/mol. The molecule has 2 amide bonds. The summed E-state index contributed by atoms with van der Waals surface area (Å²) in [7, 11) is 3.36. The molecule has 7 heteroatoms. The average molecular weight is 308 g/mol. The molecule has 2 rings (SSSR count). The van der Waals surface area contributed by atoms with E-state index in [2.05, 4.69) is 0 Å². The summed E-state index contributed by atoms with van der Waals surface area (Å²) in [5.41, 5.74) is 0.102. The Morgan fingerprint density at radius 3 is 2.73 bits per heavy atom. The Hall–Kier alpha value is -2.31. The minimum absolute atomic E-state index is 0.0278. The molecule has 1 aliphatic heterocycles. The van der Waals surface area contributed by atoms with Crippen LogP contribution in [0.3, 0.4) is 0 Å². The molecule has 1 saturated heterocycles. The van der Waals surface area contributed by atoms with E-state index >= 15 is 0 Å². The first-order valence-electron chi connectivity index (χ1n) is 7.11. The van der Waals surface area contributed by atoms with E-state index in [-0.39, 0.29) is 36.3 Å². The Kier molecular flexibility index (Phi) is 4.54. The highest BCUT2D eigenvalue weighted by atomic mass is 16.4. The van der Waals surface area contributed by atoms with Crippen LogP contribution in [0.4, 0.5) is 0 Å². The number of amides is 2. The predicted octanol–water partition coefficient (Wildman–Crippen LogP) is 1.11. The fourth-order valence-electron chi connectivity index (χ4n) is 2.61. The van der Waals surface area contributed by atoms with Gasteiger partial charge in [-0.25, -0.2) is 4.79 Å². The number of aromatic carboxylic acids is 1. The van der Waals surface area contributed by atoms with Crippen LogP contribution < -0.4 is 0 Å². The van der Waals surface area contributed by atoms with Crippen molar-refractivity contribution in [2.75, 3.05) is 20.6 Å². The van der Waals surface area contributed by atoms with Gasteiger partial charge in [0.2, 0.25) is 11.8 Å². The molecule has 0 unspecified atom stereocenters.